The van der Waals surface area contributed by atoms with Crippen LogP contribution in [-0.2, 0) is 0 Å². The van der Waals surface area contributed by atoms with Crippen molar-refractivity contribution in [2.75, 3.05) is 24.5 Å². The minimum atomic E-state index is 0.558. The molecule has 3 rings (SSSR count). The van der Waals surface area contributed by atoms with E-state index in [4.69, 9.17) is 9.51 Å². The van der Waals surface area contributed by atoms with E-state index in [1.807, 2.05) is 6.92 Å². The molecule has 0 aliphatic carbocycles. The van der Waals surface area contributed by atoms with Gasteiger partial charge >= 0.3 is 0 Å². The van der Waals surface area contributed by atoms with Gasteiger partial charge in [-0.25, -0.2) is 4.98 Å². The summed E-state index contributed by atoms with van der Waals surface area (Å²) >= 11 is 0. The highest BCUT2D eigenvalue weighted by Gasteiger charge is 2.24. The fourth-order valence-electron chi connectivity index (χ4n) is 3.20. The molecule has 0 atom stereocenters. The SMILES string of the molecule is Cc1noc(-c2cc(C)c(C)nc2N2CCC(NCC(C)C)CC2)n1. The number of hydrogen-bond acceptors (Lipinski definition) is 6. The number of aryl methyl sites for hydroxylation is 3. The van der Waals surface area contributed by atoms with Crippen molar-refractivity contribution in [1.82, 2.24) is 20.4 Å². The second kappa shape index (κ2) is 7.52. The molecule has 1 aliphatic rings. The van der Waals surface area contributed by atoms with Gasteiger partial charge in [0.1, 0.15) is 5.82 Å². The van der Waals surface area contributed by atoms with Gasteiger partial charge in [-0.15, -0.1) is 0 Å². The molecule has 1 N–H and O–H groups in total. The zero-order valence-electron chi connectivity index (χ0n) is 16.0. The molecular formula is C19H29N5O. The predicted molar refractivity (Wildman–Crippen MR) is 99.8 cm³/mol. The fourth-order valence-corrected chi connectivity index (χ4v) is 3.20. The number of rotatable bonds is 5. The minimum Gasteiger partial charge on any atom is -0.356 e. The summed E-state index contributed by atoms with van der Waals surface area (Å²) in [5.74, 6) is 2.86. The molecule has 6 heteroatoms. The molecule has 6 nitrogen and oxygen atoms in total. The van der Waals surface area contributed by atoms with Crippen molar-refractivity contribution in [3.8, 4) is 11.5 Å². The first-order chi connectivity index (χ1) is 11.9. The van der Waals surface area contributed by atoms with E-state index in [0.717, 1.165) is 55.1 Å². The van der Waals surface area contributed by atoms with Crippen molar-refractivity contribution in [1.29, 1.82) is 0 Å². The smallest absolute Gasteiger partial charge is 0.261 e. The molecule has 0 unspecified atom stereocenters. The summed E-state index contributed by atoms with van der Waals surface area (Å²) in [6.07, 6.45) is 2.26. The summed E-state index contributed by atoms with van der Waals surface area (Å²) in [6, 6.07) is 2.72. The van der Waals surface area contributed by atoms with Crippen LogP contribution in [0.15, 0.2) is 10.6 Å². The first-order valence-corrected chi connectivity index (χ1v) is 9.21. The van der Waals surface area contributed by atoms with Gasteiger partial charge < -0.3 is 14.7 Å². The molecule has 1 fully saturated rings. The van der Waals surface area contributed by atoms with Gasteiger partial charge in [0, 0.05) is 24.8 Å². The summed E-state index contributed by atoms with van der Waals surface area (Å²) in [7, 11) is 0. The first-order valence-electron chi connectivity index (χ1n) is 9.21. The van der Waals surface area contributed by atoms with Gasteiger partial charge in [-0.05, 0) is 57.7 Å². The average Bonchev–Trinajstić information content (AvgIpc) is 3.02. The number of aromatic nitrogens is 3. The van der Waals surface area contributed by atoms with Gasteiger partial charge in [0.15, 0.2) is 5.82 Å². The molecule has 25 heavy (non-hydrogen) atoms. The second-order valence-corrected chi connectivity index (χ2v) is 7.47. The molecule has 2 aromatic heterocycles. The maximum absolute atomic E-state index is 5.42. The Morgan fingerprint density at radius 1 is 1.20 bits per heavy atom. The van der Waals surface area contributed by atoms with Crippen LogP contribution < -0.4 is 10.2 Å². The average molecular weight is 343 g/mol. The van der Waals surface area contributed by atoms with Gasteiger partial charge in [-0.3, -0.25) is 0 Å². The molecule has 0 spiro atoms. The van der Waals surface area contributed by atoms with E-state index in [2.05, 4.69) is 54.1 Å². The fraction of sp³-hybridized carbons (Fsp3) is 0.632. The van der Waals surface area contributed by atoms with Crippen LogP contribution in [0.1, 0.15) is 43.8 Å². The number of nitrogens with one attached hydrogen (secondary N) is 1. The Hall–Kier alpha value is -1.95. The van der Waals surface area contributed by atoms with E-state index in [9.17, 15) is 0 Å². The van der Waals surface area contributed by atoms with Crippen molar-refractivity contribution >= 4 is 5.82 Å². The van der Waals surface area contributed by atoms with E-state index in [0.29, 0.717) is 23.7 Å². The van der Waals surface area contributed by atoms with E-state index >= 15 is 0 Å². The lowest BCUT2D eigenvalue weighted by atomic mass is 10.0. The molecule has 136 valence electrons. The molecule has 1 saturated heterocycles. The lowest BCUT2D eigenvalue weighted by Crippen LogP contribution is -2.44. The highest BCUT2D eigenvalue weighted by molar-refractivity contribution is 5.71. The topological polar surface area (TPSA) is 67.1 Å². The Kier molecular flexibility index (Phi) is 5.37. The Bertz CT molecular complexity index is 717. The zero-order valence-corrected chi connectivity index (χ0v) is 16.0. The minimum absolute atomic E-state index is 0.558. The molecule has 0 bridgehead atoms. The van der Waals surface area contributed by atoms with Crippen molar-refractivity contribution in [3.63, 3.8) is 0 Å². The van der Waals surface area contributed by atoms with Crippen LogP contribution >= 0.6 is 0 Å². The van der Waals surface area contributed by atoms with E-state index in [-0.39, 0.29) is 0 Å². The second-order valence-electron chi connectivity index (χ2n) is 7.47. The van der Waals surface area contributed by atoms with Gasteiger partial charge in [0.25, 0.3) is 5.89 Å². The quantitative estimate of drug-likeness (QED) is 0.899. The van der Waals surface area contributed by atoms with Crippen molar-refractivity contribution in [3.05, 3.63) is 23.1 Å². The zero-order chi connectivity index (χ0) is 18.0. The summed E-state index contributed by atoms with van der Waals surface area (Å²) in [4.78, 5) is 11.6. The normalized spacial score (nSPS) is 16.0. The molecule has 0 radical (unpaired) electrons. The first kappa shape index (κ1) is 17.9. The van der Waals surface area contributed by atoms with Gasteiger partial charge in [-0.2, -0.15) is 4.98 Å². The monoisotopic (exact) mass is 343 g/mol. The van der Waals surface area contributed by atoms with E-state index in [1.165, 1.54) is 0 Å². The summed E-state index contributed by atoms with van der Waals surface area (Å²) in [6.45, 7) is 13.5. The van der Waals surface area contributed by atoms with Crippen LogP contribution in [0, 0.1) is 26.7 Å². The third-order valence-electron chi connectivity index (χ3n) is 4.81. The molecular weight excluding hydrogens is 314 g/mol. The number of anilines is 1. The maximum atomic E-state index is 5.42. The van der Waals surface area contributed by atoms with E-state index in [1.54, 1.807) is 0 Å². The van der Waals surface area contributed by atoms with E-state index < -0.39 is 0 Å². The van der Waals surface area contributed by atoms with Crippen LogP contribution in [-0.4, -0.2) is 40.8 Å². The largest absolute Gasteiger partial charge is 0.356 e. The third-order valence-corrected chi connectivity index (χ3v) is 4.81. The standard InChI is InChI=1S/C19H29N5O/c1-12(2)11-20-16-6-8-24(9-7-16)18-17(10-13(3)14(4)21-18)19-22-15(5)23-25-19/h10,12,16,20H,6-9,11H2,1-5H3. The molecule has 3 heterocycles. The number of nitrogens with zero attached hydrogens (tertiary/aromatic N) is 4. The van der Waals surface area contributed by atoms with Crippen molar-refractivity contribution in [2.24, 2.45) is 5.92 Å². The summed E-state index contributed by atoms with van der Waals surface area (Å²) in [5, 5.41) is 7.62. The van der Waals surface area contributed by atoms with Crippen LogP contribution in [0.2, 0.25) is 0 Å². The Labute approximate surface area is 150 Å². The highest BCUT2D eigenvalue weighted by atomic mass is 16.5. The van der Waals surface area contributed by atoms with Gasteiger partial charge in [0.2, 0.25) is 0 Å². The molecule has 2 aromatic rings. The third kappa shape index (κ3) is 4.18. The predicted octanol–water partition coefficient (Wildman–Crippen LogP) is 3.27. The summed E-state index contributed by atoms with van der Waals surface area (Å²) < 4.78 is 5.42. The number of piperidine rings is 1. The van der Waals surface area contributed by atoms with Crippen molar-refractivity contribution < 1.29 is 4.52 Å². The van der Waals surface area contributed by atoms with Crippen LogP contribution in [0.3, 0.4) is 0 Å². The lowest BCUT2D eigenvalue weighted by molar-refractivity contribution is 0.391. The van der Waals surface area contributed by atoms with Crippen LogP contribution in [0.4, 0.5) is 5.82 Å². The summed E-state index contributed by atoms with van der Waals surface area (Å²) in [5.41, 5.74) is 3.13. The van der Waals surface area contributed by atoms with Crippen LogP contribution in [0.5, 0.6) is 0 Å². The van der Waals surface area contributed by atoms with Crippen molar-refractivity contribution in [2.45, 2.75) is 53.5 Å². The van der Waals surface area contributed by atoms with Crippen LogP contribution in [0.25, 0.3) is 11.5 Å². The van der Waals surface area contributed by atoms with Gasteiger partial charge in [0.05, 0.1) is 5.56 Å². The highest BCUT2D eigenvalue weighted by Crippen LogP contribution is 2.31. The number of hydrogen-bond donors (Lipinski definition) is 1. The Morgan fingerprint density at radius 3 is 2.52 bits per heavy atom. The Balaban J connectivity index is 1.79. The number of pyridine rings is 1. The maximum Gasteiger partial charge on any atom is 0.261 e. The molecule has 0 amide bonds. The lowest BCUT2D eigenvalue weighted by Gasteiger charge is -2.34. The van der Waals surface area contributed by atoms with Gasteiger partial charge in [-0.1, -0.05) is 19.0 Å². The molecule has 1 aliphatic heterocycles. The molecule has 0 saturated carbocycles. The Morgan fingerprint density at radius 2 is 1.92 bits per heavy atom. The molecule has 0 aromatic carbocycles.